The van der Waals surface area contributed by atoms with Crippen molar-refractivity contribution in [3.05, 3.63) is 70.2 Å². The fourth-order valence-electron chi connectivity index (χ4n) is 1.45. The van der Waals surface area contributed by atoms with Crippen LogP contribution in [0.25, 0.3) is 11.8 Å². The average molecular weight is 274 g/mol. The van der Waals surface area contributed by atoms with E-state index in [1.807, 2.05) is 60.7 Å². The lowest BCUT2D eigenvalue weighted by Gasteiger charge is -2.01. The van der Waals surface area contributed by atoms with E-state index in [1.54, 1.807) is 0 Å². The fourth-order valence-corrected chi connectivity index (χ4v) is 1.72. The molecule has 0 aliphatic rings. The van der Waals surface area contributed by atoms with Crippen LogP contribution in [-0.4, -0.2) is 0 Å². The molecule has 0 radical (unpaired) electrons. The molecular formula is C14H12BrN. The third-order valence-electron chi connectivity index (χ3n) is 2.30. The van der Waals surface area contributed by atoms with Gasteiger partial charge in [0.15, 0.2) is 0 Å². The number of hydrogen-bond acceptors (Lipinski definition) is 1. The van der Waals surface area contributed by atoms with E-state index in [9.17, 15) is 0 Å². The molecule has 2 rings (SSSR count). The lowest BCUT2D eigenvalue weighted by Crippen LogP contribution is -1.95. The third kappa shape index (κ3) is 2.74. The van der Waals surface area contributed by atoms with Gasteiger partial charge in [0.1, 0.15) is 0 Å². The van der Waals surface area contributed by atoms with E-state index in [2.05, 4.69) is 15.9 Å². The number of nitrogens with two attached hydrogens (primary N) is 1. The Morgan fingerprint density at radius 1 is 0.938 bits per heavy atom. The molecule has 0 saturated carbocycles. The maximum atomic E-state index is 6.01. The molecule has 0 heterocycles. The van der Waals surface area contributed by atoms with Gasteiger partial charge < -0.3 is 5.73 Å². The summed E-state index contributed by atoms with van der Waals surface area (Å²) in [5, 5.41) is 0. The summed E-state index contributed by atoms with van der Waals surface area (Å²) in [5.74, 6) is 0. The molecule has 80 valence electrons. The first-order valence-corrected chi connectivity index (χ1v) is 5.83. The second kappa shape index (κ2) is 4.99. The van der Waals surface area contributed by atoms with Crippen molar-refractivity contribution in [2.24, 2.45) is 5.73 Å². The summed E-state index contributed by atoms with van der Waals surface area (Å²) >= 11 is 3.40. The van der Waals surface area contributed by atoms with E-state index in [1.165, 1.54) is 0 Å². The molecule has 2 heteroatoms. The first-order chi connectivity index (χ1) is 7.75. The number of hydrogen-bond donors (Lipinski definition) is 1. The molecule has 0 aliphatic carbocycles. The van der Waals surface area contributed by atoms with Crippen LogP contribution in [0.4, 0.5) is 0 Å². The summed E-state index contributed by atoms with van der Waals surface area (Å²) in [6.45, 7) is 0. The van der Waals surface area contributed by atoms with Gasteiger partial charge in [0.2, 0.25) is 0 Å². The van der Waals surface area contributed by atoms with Crippen LogP contribution in [0.2, 0.25) is 0 Å². The Morgan fingerprint density at radius 2 is 1.56 bits per heavy atom. The molecule has 0 saturated heterocycles. The Labute approximate surface area is 104 Å². The molecule has 0 aliphatic heterocycles. The quantitative estimate of drug-likeness (QED) is 0.826. The van der Waals surface area contributed by atoms with Gasteiger partial charge in [-0.3, -0.25) is 0 Å². The first kappa shape index (κ1) is 11.0. The van der Waals surface area contributed by atoms with E-state index in [0.29, 0.717) is 0 Å². The fraction of sp³-hybridized carbons (Fsp3) is 0. The monoisotopic (exact) mass is 273 g/mol. The Kier molecular flexibility index (Phi) is 3.42. The number of rotatable bonds is 2. The van der Waals surface area contributed by atoms with Gasteiger partial charge in [0, 0.05) is 10.2 Å². The van der Waals surface area contributed by atoms with Crippen LogP contribution in [0, 0.1) is 0 Å². The Balaban J connectivity index is 2.28. The van der Waals surface area contributed by atoms with Crippen molar-refractivity contribution >= 4 is 27.7 Å². The summed E-state index contributed by atoms with van der Waals surface area (Å²) < 4.78 is 1.07. The second-order valence-corrected chi connectivity index (χ2v) is 4.43. The zero-order valence-corrected chi connectivity index (χ0v) is 10.3. The van der Waals surface area contributed by atoms with Crippen molar-refractivity contribution in [1.29, 1.82) is 0 Å². The van der Waals surface area contributed by atoms with E-state index in [-0.39, 0.29) is 0 Å². The maximum absolute atomic E-state index is 6.01. The minimum absolute atomic E-state index is 0.780. The Morgan fingerprint density at radius 3 is 2.19 bits per heavy atom. The summed E-state index contributed by atoms with van der Waals surface area (Å²) in [5.41, 5.74) is 8.94. The predicted molar refractivity (Wildman–Crippen MR) is 72.6 cm³/mol. The molecule has 0 unspecified atom stereocenters. The van der Waals surface area contributed by atoms with E-state index >= 15 is 0 Å². The van der Waals surface area contributed by atoms with Gasteiger partial charge in [0.25, 0.3) is 0 Å². The highest BCUT2D eigenvalue weighted by Gasteiger charge is 1.95. The minimum Gasteiger partial charge on any atom is -0.398 e. The maximum Gasteiger partial charge on any atom is 0.0393 e. The Hall–Kier alpha value is -1.54. The number of benzene rings is 2. The molecule has 0 spiro atoms. The van der Waals surface area contributed by atoms with Gasteiger partial charge in [-0.05, 0) is 29.3 Å². The smallest absolute Gasteiger partial charge is 0.0393 e. The zero-order chi connectivity index (χ0) is 11.4. The van der Waals surface area contributed by atoms with Gasteiger partial charge in [-0.25, -0.2) is 0 Å². The Bertz CT molecular complexity index is 486. The highest BCUT2D eigenvalue weighted by molar-refractivity contribution is 9.10. The van der Waals surface area contributed by atoms with Crippen molar-refractivity contribution in [2.45, 2.75) is 0 Å². The van der Waals surface area contributed by atoms with Gasteiger partial charge >= 0.3 is 0 Å². The highest BCUT2D eigenvalue weighted by atomic mass is 79.9. The van der Waals surface area contributed by atoms with Crippen molar-refractivity contribution in [2.75, 3.05) is 0 Å². The molecular weight excluding hydrogens is 262 g/mol. The molecule has 2 aromatic carbocycles. The van der Waals surface area contributed by atoms with Crippen LogP contribution in [0.3, 0.4) is 0 Å². The van der Waals surface area contributed by atoms with E-state index < -0.39 is 0 Å². The lowest BCUT2D eigenvalue weighted by molar-refractivity contribution is 1.52. The lowest BCUT2D eigenvalue weighted by atomic mass is 10.1. The summed E-state index contributed by atoms with van der Waals surface area (Å²) in [6, 6.07) is 18.0. The molecule has 0 fully saturated rings. The van der Waals surface area contributed by atoms with Crippen molar-refractivity contribution < 1.29 is 0 Å². The van der Waals surface area contributed by atoms with E-state index in [0.717, 1.165) is 21.3 Å². The molecule has 0 atom stereocenters. The second-order valence-electron chi connectivity index (χ2n) is 3.52. The molecule has 16 heavy (non-hydrogen) atoms. The normalized spacial score (nSPS) is 11.4. The first-order valence-electron chi connectivity index (χ1n) is 5.04. The van der Waals surface area contributed by atoms with Gasteiger partial charge in [0.05, 0.1) is 0 Å². The summed E-state index contributed by atoms with van der Waals surface area (Å²) in [6.07, 6.45) is 1.97. The van der Waals surface area contributed by atoms with Crippen LogP contribution in [0.5, 0.6) is 0 Å². The molecule has 2 aromatic rings. The van der Waals surface area contributed by atoms with Crippen LogP contribution >= 0.6 is 15.9 Å². The number of halogens is 1. The highest BCUT2D eigenvalue weighted by Crippen LogP contribution is 2.15. The summed E-state index contributed by atoms with van der Waals surface area (Å²) in [4.78, 5) is 0. The largest absolute Gasteiger partial charge is 0.398 e. The van der Waals surface area contributed by atoms with Crippen molar-refractivity contribution in [1.82, 2.24) is 0 Å². The van der Waals surface area contributed by atoms with Gasteiger partial charge in [-0.2, -0.15) is 0 Å². The SMILES string of the molecule is N/C(=C/c1ccc(Br)cc1)c1ccccc1. The predicted octanol–water partition coefficient (Wildman–Crippen LogP) is 3.91. The van der Waals surface area contributed by atoms with Gasteiger partial charge in [-0.1, -0.05) is 58.4 Å². The molecule has 1 nitrogen and oxygen atoms in total. The topological polar surface area (TPSA) is 26.0 Å². The van der Waals surface area contributed by atoms with Crippen molar-refractivity contribution in [3.63, 3.8) is 0 Å². The molecule has 0 amide bonds. The zero-order valence-electron chi connectivity index (χ0n) is 8.73. The summed E-state index contributed by atoms with van der Waals surface area (Å²) in [7, 11) is 0. The van der Waals surface area contributed by atoms with Gasteiger partial charge in [-0.15, -0.1) is 0 Å². The molecule has 2 N–H and O–H groups in total. The minimum atomic E-state index is 0.780. The van der Waals surface area contributed by atoms with E-state index in [4.69, 9.17) is 5.73 Å². The van der Waals surface area contributed by atoms with Crippen LogP contribution in [-0.2, 0) is 0 Å². The molecule has 0 aromatic heterocycles. The standard InChI is InChI=1S/C14H12BrN/c15-13-8-6-11(7-9-13)10-14(16)12-4-2-1-3-5-12/h1-10H,16H2/b14-10+. The van der Waals surface area contributed by atoms with Crippen LogP contribution < -0.4 is 5.73 Å². The molecule has 0 bridgehead atoms. The average Bonchev–Trinajstić information content (AvgIpc) is 2.33. The van der Waals surface area contributed by atoms with Crippen LogP contribution in [0.1, 0.15) is 11.1 Å². The van der Waals surface area contributed by atoms with Crippen molar-refractivity contribution in [3.8, 4) is 0 Å². The third-order valence-corrected chi connectivity index (χ3v) is 2.83. The van der Waals surface area contributed by atoms with Crippen LogP contribution in [0.15, 0.2) is 59.1 Å².